The fourth-order valence-corrected chi connectivity index (χ4v) is 5.70. The molecule has 0 heterocycles. The molecule has 0 saturated heterocycles. The molecule has 0 amide bonds. The zero-order valence-electron chi connectivity index (χ0n) is 11.6. The van der Waals surface area contributed by atoms with Crippen LogP contribution in [0, 0.1) is 0 Å². The molecular weight excluding hydrogens is 313 g/mol. The molecule has 4 aromatic rings. The average molecular weight is 327 g/mol. The van der Waals surface area contributed by atoms with Gasteiger partial charge in [-0.05, 0) is 0 Å². The van der Waals surface area contributed by atoms with Crippen molar-refractivity contribution in [2.24, 2.45) is 0 Å². The van der Waals surface area contributed by atoms with Gasteiger partial charge in [-0.3, -0.25) is 0 Å². The molecule has 98 valence electrons. The Labute approximate surface area is 130 Å². The van der Waals surface area contributed by atoms with Crippen molar-refractivity contribution in [2.45, 2.75) is 0 Å². The van der Waals surface area contributed by atoms with Crippen molar-refractivity contribution in [1.29, 1.82) is 0 Å². The molecular formula is C20H14Ge. The van der Waals surface area contributed by atoms with E-state index in [1.807, 2.05) is 0 Å². The summed E-state index contributed by atoms with van der Waals surface area (Å²) in [5.41, 5.74) is 0. The molecule has 0 aliphatic carbocycles. The van der Waals surface area contributed by atoms with E-state index >= 15 is 0 Å². The van der Waals surface area contributed by atoms with E-state index in [1.165, 1.54) is 30.3 Å². The number of benzene rings is 4. The molecule has 21 heavy (non-hydrogen) atoms. The Bertz CT molecular complexity index is 837. The number of hydrogen-bond acceptors (Lipinski definition) is 0. The summed E-state index contributed by atoms with van der Waals surface area (Å²) < 4.78 is 3.04. The van der Waals surface area contributed by atoms with Gasteiger partial charge in [0, 0.05) is 0 Å². The Morgan fingerprint density at radius 2 is 0.857 bits per heavy atom. The average Bonchev–Trinajstić information content (AvgIpc) is 2.56. The van der Waals surface area contributed by atoms with Gasteiger partial charge in [0.1, 0.15) is 0 Å². The first kappa shape index (κ1) is 12.7. The number of fused-ring (bicyclic) bond motifs is 2. The quantitative estimate of drug-likeness (QED) is 0.493. The van der Waals surface area contributed by atoms with Crippen LogP contribution in [0.25, 0.3) is 21.5 Å². The van der Waals surface area contributed by atoms with Crippen LogP contribution in [-0.4, -0.2) is 15.4 Å². The Morgan fingerprint density at radius 1 is 0.429 bits per heavy atom. The molecule has 0 bridgehead atoms. The summed E-state index contributed by atoms with van der Waals surface area (Å²) in [6, 6.07) is 30.8. The van der Waals surface area contributed by atoms with Gasteiger partial charge in [-0.2, -0.15) is 0 Å². The summed E-state index contributed by atoms with van der Waals surface area (Å²) >= 11 is -0.333. The third-order valence-corrected chi connectivity index (χ3v) is 6.81. The van der Waals surface area contributed by atoms with E-state index in [0.29, 0.717) is 0 Å². The van der Waals surface area contributed by atoms with Crippen LogP contribution in [0.3, 0.4) is 0 Å². The van der Waals surface area contributed by atoms with Gasteiger partial charge in [-0.15, -0.1) is 0 Å². The number of hydrogen-bond donors (Lipinski definition) is 0. The fraction of sp³-hybridized carbons (Fsp3) is 0. The third-order valence-electron chi connectivity index (χ3n) is 3.85. The zero-order chi connectivity index (χ0) is 14.1. The second kappa shape index (κ2) is 5.38. The van der Waals surface area contributed by atoms with Gasteiger partial charge in [0.05, 0.1) is 0 Å². The van der Waals surface area contributed by atoms with Gasteiger partial charge in [0.15, 0.2) is 0 Å². The minimum atomic E-state index is -0.333. The van der Waals surface area contributed by atoms with E-state index < -0.39 is 0 Å². The van der Waals surface area contributed by atoms with Gasteiger partial charge in [0.2, 0.25) is 0 Å². The van der Waals surface area contributed by atoms with E-state index in [0.717, 1.165) is 0 Å². The third kappa shape index (κ3) is 2.36. The first-order valence-electron chi connectivity index (χ1n) is 7.14. The maximum atomic E-state index is 2.30. The molecule has 0 aromatic heterocycles. The van der Waals surface area contributed by atoms with Crippen LogP contribution in [-0.2, 0) is 0 Å². The summed E-state index contributed by atoms with van der Waals surface area (Å²) in [6.45, 7) is 0. The molecule has 0 aliphatic heterocycles. The van der Waals surface area contributed by atoms with Crippen molar-refractivity contribution in [3.8, 4) is 0 Å². The summed E-state index contributed by atoms with van der Waals surface area (Å²) in [5.74, 6) is 0. The summed E-state index contributed by atoms with van der Waals surface area (Å²) in [7, 11) is 0. The summed E-state index contributed by atoms with van der Waals surface area (Å²) in [5, 5.41) is 5.51. The van der Waals surface area contributed by atoms with Crippen molar-refractivity contribution in [3.05, 3.63) is 84.9 Å². The van der Waals surface area contributed by atoms with E-state index in [4.69, 9.17) is 0 Å². The van der Waals surface area contributed by atoms with Crippen molar-refractivity contribution in [2.75, 3.05) is 0 Å². The predicted octanol–water partition coefficient (Wildman–Crippen LogP) is 3.65. The second-order valence-electron chi connectivity index (χ2n) is 5.18. The van der Waals surface area contributed by atoms with Crippen LogP contribution in [0.1, 0.15) is 0 Å². The van der Waals surface area contributed by atoms with Crippen LogP contribution >= 0.6 is 0 Å². The molecule has 0 spiro atoms. The van der Waals surface area contributed by atoms with Crippen LogP contribution in [0.15, 0.2) is 84.9 Å². The normalized spacial score (nSPS) is 11.0. The van der Waals surface area contributed by atoms with Gasteiger partial charge in [-0.1, -0.05) is 0 Å². The first-order valence-corrected chi connectivity index (χ1v) is 9.24. The standard InChI is InChI=1S/C20H14Ge/c1-3-11-17-15(7-1)9-5-13-19(17)21-20-14-6-10-16-8-2-4-12-18(16)20/h1-14H. The molecule has 4 rings (SSSR count). The van der Waals surface area contributed by atoms with Gasteiger partial charge < -0.3 is 0 Å². The minimum absolute atomic E-state index is 0.333. The zero-order valence-corrected chi connectivity index (χ0v) is 13.7. The molecule has 4 aromatic carbocycles. The molecule has 0 fully saturated rings. The van der Waals surface area contributed by atoms with Crippen molar-refractivity contribution < 1.29 is 0 Å². The van der Waals surface area contributed by atoms with Gasteiger partial charge in [0.25, 0.3) is 0 Å². The molecule has 0 N–H and O–H groups in total. The van der Waals surface area contributed by atoms with Gasteiger partial charge in [-0.25, -0.2) is 0 Å². The van der Waals surface area contributed by atoms with E-state index in [9.17, 15) is 0 Å². The molecule has 2 radical (unpaired) electrons. The maximum absolute atomic E-state index is 2.30. The SMILES string of the molecule is c1ccc2[c]([Ge][c]3cccc4ccccc34)cccc2c1. The van der Waals surface area contributed by atoms with Crippen LogP contribution in [0.2, 0.25) is 0 Å². The molecule has 0 aliphatic rings. The Balaban J connectivity index is 1.87. The van der Waals surface area contributed by atoms with Crippen LogP contribution in [0.4, 0.5) is 0 Å². The molecule has 0 atom stereocenters. The second-order valence-corrected chi connectivity index (χ2v) is 7.96. The fourth-order valence-electron chi connectivity index (χ4n) is 2.81. The van der Waals surface area contributed by atoms with Gasteiger partial charge >= 0.3 is 131 Å². The Kier molecular flexibility index (Phi) is 3.24. The molecule has 0 unspecified atom stereocenters. The van der Waals surface area contributed by atoms with Crippen LogP contribution < -0.4 is 8.79 Å². The van der Waals surface area contributed by atoms with E-state index in [-0.39, 0.29) is 15.4 Å². The van der Waals surface area contributed by atoms with Crippen molar-refractivity contribution in [3.63, 3.8) is 0 Å². The van der Waals surface area contributed by atoms with E-state index in [1.54, 1.807) is 0 Å². The topological polar surface area (TPSA) is 0 Å². The van der Waals surface area contributed by atoms with Crippen molar-refractivity contribution in [1.82, 2.24) is 0 Å². The Morgan fingerprint density at radius 3 is 1.38 bits per heavy atom. The molecule has 1 heteroatoms. The molecule has 0 saturated carbocycles. The Hall–Kier alpha value is -2.06. The predicted molar refractivity (Wildman–Crippen MR) is 92.9 cm³/mol. The first-order chi connectivity index (χ1) is 10.4. The summed E-state index contributed by atoms with van der Waals surface area (Å²) in [4.78, 5) is 0. The molecule has 0 nitrogen and oxygen atoms in total. The van der Waals surface area contributed by atoms with E-state index in [2.05, 4.69) is 84.9 Å². The summed E-state index contributed by atoms with van der Waals surface area (Å²) in [6.07, 6.45) is 0. The number of rotatable bonds is 2. The monoisotopic (exact) mass is 328 g/mol. The van der Waals surface area contributed by atoms with Crippen LogP contribution in [0.5, 0.6) is 0 Å². The van der Waals surface area contributed by atoms with Crippen molar-refractivity contribution >= 4 is 45.8 Å².